The number of carbonyl (C=O) groups excluding carboxylic acids is 1. The first-order valence-electron chi connectivity index (χ1n) is 8.57. The van der Waals surface area contributed by atoms with Gasteiger partial charge in [0.15, 0.2) is 0 Å². The summed E-state index contributed by atoms with van der Waals surface area (Å²) in [6.45, 7) is 2.00. The Morgan fingerprint density at radius 1 is 1.00 bits per heavy atom. The second kappa shape index (κ2) is 7.84. The van der Waals surface area contributed by atoms with Crippen LogP contribution in [0.4, 0.5) is 0 Å². The van der Waals surface area contributed by atoms with Gasteiger partial charge in [0.05, 0.1) is 13.2 Å². The molecule has 0 aliphatic carbocycles. The first-order chi connectivity index (χ1) is 12.2. The third-order valence-electron chi connectivity index (χ3n) is 4.49. The highest BCUT2D eigenvalue weighted by molar-refractivity contribution is 5.86. The highest BCUT2D eigenvalue weighted by atomic mass is 16.5. The van der Waals surface area contributed by atoms with Crippen LogP contribution in [0.15, 0.2) is 66.7 Å². The van der Waals surface area contributed by atoms with Crippen molar-refractivity contribution in [1.82, 2.24) is 5.32 Å². The minimum absolute atomic E-state index is 0.0223. The maximum Gasteiger partial charge on any atom is 0.220 e. The number of carbonyl (C=O) groups is 1. The van der Waals surface area contributed by atoms with Crippen molar-refractivity contribution in [2.45, 2.75) is 25.8 Å². The van der Waals surface area contributed by atoms with E-state index < -0.39 is 0 Å². The maximum atomic E-state index is 12.3. The number of benzene rings is 3. The molecule has 3 rings (SSSR count). The van der Waals surface area contributed by atoms with E-state index >= 15 is 0 Å². The van der Waals surface area contributed by atoms with Crippen LogP contribution < -0.4 is 10.1 Å². The molecule has 0 spiro atoms. The molecule has 3 aromatic rings. The molecular weight excluding hydrogens is 310 g/mol. The van der Waals surface area contributed by atoms with E-state index in [0.717, 1.165) is 17.7 Å². The van der Waals surface area contributed by atoms with E-state index in [1.54, 1.807) is 7.11 Å². The zero-order valence-corrected chi connectivity index (χ0v) is 14.7. The molecule has 0 heterocycles. The molecule has 0 saturated carbocycles. The molecule has 0 radical (unpaired) electrons. The number of amides is 1. The van der Waals surface area contributed by atoms with Gasteiger partial charge in [0, 0.05) is 6.42 Å². The Bertz CT molecular complexity index is 850. The van der Waals surface area contributed by atoms with Crippen molar-refractivity contribution < 1.29 is 9.53 Å². The number of nitrogens with one attached hydrogen (secondary N) is 1. The average molecular weight is 333 g/mol. The van der Waals surface area contributed by atoms with Crippen molar-refractivity contribution in [3.8, 4) is 5.75 Å². The Morgan fingerprint density at radius 2 is 1.72 bits per heavy atom. The first-order valence-corrected chi connectivity index (χ1v) is 8.57. The van der Waals surface area contributed by atoms with E-state index in [-0.39, 0.29) is 11.9 Å². The Labute approximate surface area is 148 Å². The summed E-state index contributed by atoms with van der Waals surface area (Å²) in [5.74, 6) is 0.884. The zero-order chi connectivity index (χ0) is 17.6. The average Bonchev–Trinajstić information content (AvgIpc) is 2.66. The summed E-state index contributed by atoms with van der Waals surface area (Å²) in [4.78, 5) is 12.3. The summed E-state index contributed by atoms with van der Waals surface area (Å²) in [6.07, 6.45) is 1.22. The fourth-order valence-electron chi connectivity index (χ4n) is 3.05. The molecule has 3 heteroatoms. The third kappa shape index (κ3) is 4.18. The molecule has 3 nitrogen and oxygen atoms in total. The highest BCUT2D eigenvalue weighted by Crippen LogP contribution is 2.20. The SMILES string of the molecule is COc1ccc([C@H](C)NC(=O)CCc2cccc3ccccc23)cc1. The summed E-state index contributed by atoms with van der Waals surface area (Å²) in [7, 11) is 1.65. The molecule has 1 N–H and O–H groups in total. The van der Waals surface area contributed by atoms with Crippen molar-refractivity contribution >= 4 is 16.7 Å². The number of rotatable bonds is 6. The maximum absolute atomic E-state index is 12.3. The monoisotopic (exact) mass is 333 g/mol. The smallest absolute Gasteiger partial charge is 0.220 e. The van der Waals surface area contributed by atoms with Gasteiger partial charge in [-0.15, -0.1) is 0 Å². The van der Waals surface area contributed by atoms with Crippen LogP contribution in [-0.2, 0) is 11.2 Å². The van der Waals surface area contributed by atoms with Gasteiger partial charge in [-0.05, 0) is 47.4 Å². The minimum Gasteiger partial charge on any atom is -0.497 e. The van der Waals surface area contributed by atoms with E-state index in [2.05, 4.69) is 35.6 Å². The van der Waals surface area contributed by atoms with Crippen LogP contribution in [0, 0.1) is 0 Å². The van der Waals surface area contributed by atoms with Crippen LogP contribution >= 0.6 is 0 Å². The van der Waals surface area contributed by atoms with Gasteiger partial charge in [-0.25, -0.2) is 0 Å². The number of aryl methyl sites for hydroxylation is 1. The normalized spacial score (nSPS) is 11.9. The van der Waals surface area contributed by atoms with E-state index in [0.29, 0.717) is 6.42 Å². The third-order valence-corrected chi connectivity index (χ3v) is 4.49. The van der Waals surface area contributed by atoms with Crippen molar-refractivity contribution in [2.75, 3.05) is 7.11 Å². The lowest BCUT2D eigenvalue weighted by molar-refractivity contribution is -0.121. The fourth-order valence-corrected chi connectivity index (χ4v) is 3.05. The summed E-state index contributed by atoms with van der Waals surface area (Å²) in [5.41, 5.74) is 2.28. The van der Waals surface area contributed by atoms with Gasteiger partial charge in [0.1, 0.15) is 5.75 Å². The Kier molecular flexibility index (Phi) is 5.34. The largest absolute Gasteiger partial charge is 0.497 e. The van der Waals surface area contributed by atoms with Gasteiger partial charge < -0.3 is 10.1 Å². The second-order valence-electron chi connectivity index (χ2n) is 6.20. The minimum atomic E-state index is -0.0223. The molecule has 0 aliphatic heterocycles. The van der Waals surface area contributed by atoms with Gasteiger partial charge in [-0.1, -0.05) is 54.6 Å². The van der Waals surface area contributed by atoms with Crippen LogP contribution in [0.25, 0.3) is 10.8 Å². The van der Waals surface area contributed by atoms with Gasteiger partial charge in [-0.2, -0.15) is 0 Å². The zero-order valence-electron chi connectivity index (χ0n) is 14.7. The molecule has 3 aromatic carbocycles. The van der Waals surface area contributed by atoms with E-state index in [1.165, 1.54) is 16.3 Å². The molecule has 1 amide bonds. The molecule has 0 saturated heterocycles. The first kappa shape index (κ1) is 17.0. The second-order valence-corrected chi connectivity index (χ2v) is 6.20. The number of methoxy groups -OCH3 is 1. The van der Waals surface area contributed by atoms with Gasteiger partial charge in [0.2, 0.25) is 5.91 Å². The molecular formula is C22H23NO2. The molecule has 0 aliphatic rings. The van der Waals surface area contributed by atoms with E-state index in [4.69, 9.17) is 4.74 Å². The lowest BCUT2D eigenvalue weighted by Gasteiger charge is -2.15. The van der Waals surface area contributed by atoms with E-state index in [1.807, 2.05) is 43.3 Å². The van der Waals surface area contributed by atoms with Gasteiger partial charge in [0.25, 0.3) is 0 Å². The number of ether oxygens (including phenoxy) is 1. The molecule has 0 bridgehead atoms. The summed E-state index contributed by atoms with van der Waals surface area (Å²) < 4.78 is 5.17. The van der Waals surface area contributed by atoms with Crippen molar-refractivity contribution in [3.05, 3.63) is 77.9 Å². The molecule has 0 unspecified atom stereocenters. The van der Waals surface area contributed by atoms with Crippen LogP contribution in [0.2, 0.25) is 0 Å². The lowest BCUT2D eigenvalue weighted by Crippen LogP contribution is -2.26. The van der Waals surface area contributed by atoms with Gasteiger partial charge in [-0.3, -0.25) is 4.79 Å². The Hall–Kier alpha value is -2.81. The van der Waals surface area contributed by atoms with E-state index in [9.17, 15) is 4.79 Å². The fraction of sp³-hybridized carbons (Fsp3) is 0.227. The summed E-state index contributed by atoms with van der Waals surface area (Å²) in [6, 6.07) is 22.3. The molecule has 128 valence electrons. The number of fused-ring (bicyclic) bond motifs is 1. The molecule has 25 heavy (non-hydrogen) atoms. The quantitative estimate of drug-likeness (QED) is 0.712. The lowest BCUT2D eigenvalue weighted by atomic mass is 10.0. The van der Waals surface area contributed by atoms with Crippen LogP contribution in [-0.4, -0.2) is 13.0 Å². The summed E-state index contributed by atoms with van der Waals surface area (Å²) >= 11 is 0. The summed E-state index contributed by atoms with van der Waals surface area (Å²) in [5, 5.41) is 5.51. The van der Waals surface area contributed by atoms with Crippen molar-refractivity contribution in [2.24, 2.45) is 0 Å². The number of hydrogen-bond acceptors (Lipinski definition) is 2. The Balaban J connectivity index is 1.60. The topological polar surface area (TPSA) is 38.3 Å². The molecule has 0 fully saturated rings. The highest BCUT2D eigenvalue weighted by Gasteiger charge is 2.10. The number of hydrogen-bond donors (Lipinski definition) is 1. The van der Waals surface area contributed by atoms with Crippen LogP contribution in [0.1, 0.15) is 30.5 Å². The predicted molar refractivity (Wildman–Crippen MR) is 102 cm³/mol. The van der Waals surface area contributed by atoms with Crippen LogP contribution in [0.5, 0.6) is 5.75 Å². The molecule has 1 atom stereocenters. The van der Waals surface area contributed by atoms with Crippen molar-refractivity contribution in [1.29, 1.82) is 0 Å². The molecule has 0 aromatic heterocycles. The Morgan fingerprint density at radius 3 is 2.48 bits per heavy atom. The van der Waals surface area contributed by atoms with Gasteiger partial charge >= 0.3 is 0 Å². The van der Waals surface area contributed by atoms with Crippen LogP contribution in [0.3, 0.4) is 0 Å². The standard InChI is InChI=1S/C22H23NO2/c1-16(17-10-13-20(25-2)14-11-17)23-22(24)15-12-19-8-5-7-18-6-3-4-9-21(18)19/h3-11,13-14,16H,12,15H2,1-2H3,(H,23,24)/t16-/m0/s1. The predicted octanol–water partition coefficient (Wildman–Crippen LogP) is 4.66. The van der Waals surface area contributed by atoms with Crippen molar-refractivity contribution in [3.63, 3.8) is 0 Å².